The maximum atomic E-state index is 6.09. The molecule has 0 aliphatic rings. The van der Waals surface area contributed by atoms with Gasteiger partial charge in [-0.3, -0.25) is 0 Å². The molecule has 1 unspecified atom stereocenters. The molecule has 106 valence electrons. The molecular formula is C17H19BrClN. The quantitative estimate of drug-likeness (QED) is 0.634. The lowest BCUT2D eigenvalue weighted by atomic mass is 10.0. The van der Waals surface area contributed by atoms with Crippen LogP contribution in [0.5, 0.6) is 0 Å². The van der Waals surface area contributed by atoms with Crippen molar-refractivity contribution in [3.8, 4) is 0 Å². The summed E-state index contributed by atoms with van der Waals surface area (Å²) in [4.78, 5) is 2.29. The second-order valence-electron chi connectivity index (χ2n) is 5.11. The largest absolute Gasteiger partial charge is 0.368 e. The molecule has 0 saturated carbocycles. The third-order valence-corrected chi connectivity index (χ3v) is 4.51. The van der Waals surface area contributed by atoms with Crippen molar-refractivity contribution in [2.45, 2.75) is 25.2 Å². The number of hydrogen-bond donors (Lipinski definition) is 0. The molecule has 20 heavy (non-hydrogen) atoms. The van der Waals surface area contributed by atoms with Crippen molar-refractivity contribution in [3.63, 3.8) is 0 Å². The SMILES string of the molecule is Cc1ccc(N(C)C(C)c2cccc(Cl)c2)c(CBr)c1. The van der Waals surface area contributed by atoms with Crippen LogP contribution in [0, 0.1) is 6.92 Å². The van der Waals surface area contributed by atoms with Gasteiger partial charge in [0.2, 0.25) is 0 Å². The summed E-state index contributed by atoms with van der Waals surface area (Å²) in [6, 6.07) is 14.9. The Hall–Kier alpha value is -0.990. The Morgan fingerprint density at radius 3 is 2.60 bits per heavy atom. The molecule has 0 aliphatic carbocycles. The maximum absolute atomic E-state index is 6.09. The van der Waals surface area contributed by atoms with Crippen molar-refractivity contribution < 1.29 is 0 Å². The minimum atomic E-state index is 0.272. The summed E-state index contributed by atoms with van der Waals surface area (Å²) < 4.78 is 0. The smallest absolute Gasteiger partial charge is 0.0511 e. The fraction of sp³-hybridized carbons (Fsp3) is 0.294. The first-order valence-corrected chi connectivity index (χ1v) is 8.16. The molecule has 0 N–H and O–H groups in total. The Morgan fingerprint density at radius 2 is 1.95 bits per heavy atom. The van der Waals surface area contributed by atoms with Crippen LogP contribution in [-0.4, -0.2) is 7.05 Å². The van der Waals surface area contributed by atoms with Gasteiger partial charge >= 0.3 is 0 Å². The first-order valence-electron chi connectivity index (χ1n) is 6.66. The lowest BCUT2D eigenvalue weighted by molar-refractivity contribution is 0.737. The highest BCUT2D eigenvalue weighted by molar-refractivity contribution is 9.08. The van der Waals surface area contributed by atoms with Crippen molar-refractivity contribution in [2.75, 3.05) is 11.9 Å². The monoisotopic (exact) mass is 351 g/mol. The molecule has 2 rings (SSSR count). The van der Waals surface area contributed by atoms with E-state index in [9.17, 15) is 0 Å². The van der Waals surface area contributed by atoms with Gasteiger partial charge in [-0.2, -0.15) is 0 Å². The van der Waals surface area contributed by atoms with E-state index in [0.717, 1.165) is 10.4 Å². The van der Waals surface area contributed by atoms with Gasteiger partial charge in [-0.15, -0.1) is 0 Å². The minimum absolute atomic E-state index is 0.272. The van der Waals surface area contributed by atoms with E-state index in [4.69, 9.17) is 11.6 Å². The second kappa shape index (κ2) is 6.64. The van der Waals surface area contributed by atoms with E-state index in [1.165, 1.54) is 22.4 Å². The number of hydrogen-bond acceptors (Lipinski definition) is 1. The van der Waals surface area contributed by atoms with Crippen molar-refractivity contribution in [1.82, 2.24) is 0 Å². The summed E-state index contributed by atoms with van der Waals surface area (Å²) in [6.07, 6.45) is 0. The third kappa shape index (κ3) is 3.36. The van der Waals surface area contributed by atoms with Crippen LogP contribution in [0.1, 0.15) is 29.7 Å². The number of anilines is 1. The molecule has 0 spiro atoms. The van der Waals surface area contributed by atoms with Gasteiger partial charge in [0, 0.05) is 23.1 Å². The van der Waals surface area contributed by atoms with E-state index in [-0.39, 0.29) is 6.04 Å². The summed E-state index contributed by atoms with van der Waals surface area (Å²) in [5.74, 6) is 0. The van der Waals surface area contributed by atoms with Crippen molar-refractivity contribution in [3.05, 3.63) is 64.2 Å². The summed E-state index contributed by atoms with van der Waals surface area (Å²) in [5.41, 5.74) is 5.06. The molecule has 0 amide bonds. The van der Waals surface area contributed by atoms with Gasteiger partial charge in [0.05, 0.1) is 6.04 Å². The Labute approximate surface area is 134 Å². The highest BCUT2D eigenvalue weighted by Gasteiger charge is 2.15. The van der Waals surface area contributed by atoms with E-state index >= 15 is 0 Å². The van der Waals surface area contributed by atoms with E-state index in [1.807, 2.05) is 18.2 Å². The van der Waals surface area contributed by atoms with Gasteiger partial charge in [0.15, 0.2) is 0 Å². The number of nitrogens with zero attached hydrogens (tertiary/aromatic N) is 1. The lowest BCUT2D eigenvalue weighted by Crippen LogP contribution is -2.22. The molecule has 0 radical (unpaired) electrons. The number of rotatable bonds is 4. The average molecular weight is 353 g/mol. The maximum Gasteiger partial charge on any atom is 0.0511 e. The van der Waals surface area contributed by atoms with Gasteiger partial charge < -0.3 is 4.90 Å². The van der Waals surface area contributed by atoms with Crippen LogP contribution in [0.25, 0.3) is 0 Å². The molecule has 1 atom stereocenters. The highest BCUT2D eigenvalue weighted by Crippen LogP contribution is 2.30. The molecule has 0 saturated heterocycles. The van der Waals surface area contributed by atoms with Crippen molar-refractivity contribution >= 4 is 33.2 Å². The van der Waals surface area contributed by atoms with Crippen LogP contribution in [0.3, 0.4) is 0 Å². The van der Waals surface area contributed by atoms with Crippen LogP contribution in [0.15, 0.2) is 42.5 Å². The van der Waals surface area contributed by atoms with Crippen LogP contribution in [0.4, 0.5) is 5.69 Å². The summed E-state index contributed by atoms with van der Waals surface area (Å²) >= 11 is 9.67. The zero-order chi connectivity index (χ0) is 14.7. The van der Waals surface area contributed by atoms with Gasteiger partial charge in [-0.25, -0.2) is 0 Å². The van der Waals surface area contributed by atoms with Gasteiger partial charge in [0.1, 0.15) is 0 Å². The molecule has 0 bridgehead atoms. The Balaban J connectivity index is 2.33. The molecule has 1 nitrogen and oxygen atoms in total. The molecule has 0 aromatic heterocycles. The number of alkyl halides is 1. The van der Waals surface area contributed by atoms with Crippen LogP contribution in [-0.2, 0) is 5.33 Å². The van der Waals surface area contributed by atoms with Gasteiger partial charge in [0.25, 0.3) is 0 Å². The van der Waals surface area contributed by atoms with E-state index in [0.29, 0.717) is 0 Å². The first-order chi connectivity index (χ1) is 9.52. The second-order valence-corrected chi connectivity index (χ2v) is 6.10. The first kappa shape index (κ1) is 15.4. The molecule has 3 heteroatoms. The van der Waals surface area contributed by atoms with Crippen LogP contribution >= 0.6 is 27.5 Å². The molecule has 2 aromatic rings. The molecule has 0 aliphatic heterocycles. The third-order valence-electron chi connectivity index (χ3n) is 3.67. The topological polar surface area (TPSA) is 3.24 Å². The average Bonchev–Trinajstić information content (AvgIpc) is 2.45. The number of aryl methyl sites for hydroxylation is 1. The summed E-state index contributed by atoms with van der Waals surface area (Å²) in [6.45, 7) is 4.32. The van der Waals surface area contributed by atoms with Gasteiger partial charge in [-0.05, 0) is 43.2 Å². The van der Waals surface area contributed by atoms with Gasteiger partial charge in [-0.1, -0.05) is 57.4 Å². The molecule has 0 heterocycles. The lowest BCUT2D eigenvalue weighted by Gasteiger charge is -2.29. The fourth-order valence-electron chi connectivity index (χ4n) is 2.36. The van der Waals surface area contributed by atoms with E-state index < -0.39 is 0 Å². The summed E-state index contributed by atoms with van der Waals surface area (Å²) in [5, 5.41) is 1.64. The number of benzene rings is 2. The Kier molecular flexibility index (Phi) is 5.11. The van der Waals surface area contributed by atoms with E-state index in [2.05, 4.69) is 66.0 Å². The molecule has 2 aromatic carbocycles. The van der Waals surface area contributed by atoms with Crippen LogP contribution < -0.4 is 4.90 Å². The standard InChI is InChI=1S/C17H19BrClN/c1-12-7-8-17(15(9-12)11-18)20(3)13(2)14-5-4-6-16(19)10-14/h4-10,13H,11H2,1-3H3. The van der Waals surface area contributed by atoms with Crippen LogP contribution in [0.2, 0.25) is 5.02 Å². The summed E-state index contributed by atoms with van der Waals surface area (Å²) in [7, 11) is 2.13. The van der Waals surface area contributed by atoms with E-state index in [1.54, 1.807) is 0 Å². The Morgan fingerprint density at radius 1 is 1.20 bits per heavy atom. The zero-order valence-corrected chi connectivity index (χ0v) is 14.4. The number of halogens is 2. The van der Waals surface area contributed by atoms with Crippen molar-refractivity contribution in [2.24, 2.45) is 0 Å². The normalized spacial score (nSPS) is 12.2. The highest BCUT2D eigenvalue weighted by atomic mass is 79.9. The molecule has 0 fully saturated rings. The predicted molar refractivity (Wildman–Crippen MR) is 92.1 cm³/mol. The zero-order valence-electron chi connectivity index (χ0n) is 12.0. The van der Waals surface area contributed by atoms with Crippen molar-refractivity contribution in [1.29, 1.82) is 0 Å². The fourth-order valence-corrected chi connectivity index (χ4v) is 3.01. The molecular weight excluding hydrogens is 334 g/mol. The predicted octanol–water partition coefficient (Wildman–Crippen LogP) is 5.74. The Bertz CT molecular complexity index is 597. The minimum Gasteiger partial charge on any atom is -0.368 e.